The largest absolute Gasteiger partial charge is 0.356 e. The predicted molar refractivity (Wildman–Crippen MR) is 78.1 cm³/mol. The van der Waals surface area contributed by atoms with Gasteiger partial charge in [-0.15, -0.1) is 0 Å². The average Bonchev–Trinajstić information content (AvgIpc) is 2.42. The first-order valence-corrected chi connectivity index (χ1v) is 7.31. The molecule has 1 aliphatic rings. The zero-order valence-corrected chi connectivity index (χ0v) is 11.9. The lowest BCUT2D eigenvalue weighted by Crippen LogP contribution is -2.31. The number of rotatable bonds is 5. The van der Waals surface area contributed by atoms with E-state index in [9.17, 15) is 4.79 Å². The highest BCUT2D eigenvalue weighted by atomic mass is 16.1. The van der Waals surface area contributed by atoms with E-state index in [0.717, 1.165) is 13.0 Å². The Balaban J connectivity index is 1.92. The number of hydrogen-bond acceptors (Lipinski definition) is 2. The van der Waals surface area contributed by atoms with Gasteiger partial charge in [0, 0.05) is 25.6 Å². The third kappa shape index (κ3) is 3.57. The molecule has 1 aliphatic carbocycles. The van der Waals surface area contributed by atoms with Crippen LogP contribution in [0.15, 0.2) is 24.3 Å². The van der Waals surface area contributed by atoms with E-state index in [1.165, 1.54) is 17.5 Å². The molecule has 0 spiro atoms. The van der Waals surface area contributed by atoms with Crippen LogP contribution in [0.5, 0.6) is 0 Å². The van der Waals surface area contributed by atoms with Gasteiger partial charge < -0.3 is 10.6 Å². The van der Waals surface area contributed by atoms with Crippen LogP contribution in [-0.4, -0.2) is 19.0 Å². The van der Waals surface area contributed by atoms with Crippen LogP contribution < -0.4 is 10.6 Å². The molecule has 2 atom stereocenters. The summed E-state index contributed by atoms with van der Waals surface area (Å²) in [6.45, 7) is 5.70. The highest BCUT2D eigenvalue weighted by molar-refractivity contribution is 5.75. The third-order valence-corrected chi connectivity index (χ3v) is 3.91. The molecule has 0 bridgehead atoms. The minimum atomic E-state index is 0.132. The lowest BCUT2D eigenvalue weighted by molar-refractivity contribution is -0.120. The minimum Gasteiger partial charge on any atom is -0.356 e. The van der Waals surface area contributed by atoms with Gasteiger partial charge in [0.15, 0.2) is 0 Å². The second kappa shape index (κ2) is 6.71. The first-order chi connectivity index (χ1) is 9.22. The van der Waals surface area contributed by atoms with Crippen LogP contribution in [0.4, 0.5) is 0 Å². The number of carbonyl (C=O) groups excluding carboxylic acids is 1. The molecule has 0 aromatic heterocycles. The van der Waals surface area contributed by atoms with E-state index in [1.54, 1.807) is 0 Å². The lowest BCUT2D eigenvalue weighted by Gasteiger charge is -2.30. The van der Waals surface area contributed by atoms with Crippen molar-refractivity contribution >= 4 is 5.91 Å². The van der Waals surface area contributed by atoms with Crippen LogP contribution in [0, 0.1) is 0 Å². The van der Waals surface area contributed by atoms with Crippen LogP contribution >= 0.6 is 0 Å². The Hall–Kier alpha value is -1.35. The van der Waals surface area contributed by atoms with E-state index in [4.69, 9.17) is 0 Å². The summed E-state index contributed by atoms with van der Waals surface area (Å²) in [4.78, 5) is 11.4. The molecular weight excluding hydrogens is 236 g/mol. The van der Waals surface area contributed by atoms with Gasteiger partial charge in [-0.05, 0) is 36.8 Å². The highest BCUT2D eigenvalue weighted by Gasteiger charge is 2.23. The van der Waals surface area contributed by atoms with Crippen molar-refractivity contribution in [1.82, 2.24) is 10.6 Å². The Bertz CT molecular complexity index is 431. The molecule has 0 saturated carbocycles. The number of carbonyl (C=O) groups is 1. The Morgan fingerprint density at radius 3 is 2.74 bits per heavy atom. The van der Waals surface area contributed by atoms with Crippen molar-refractivity contribution in [3.8, 4) is 0 Å². The maximum atomic E-state index is 11.4. The second-order valence-electron chi connectivity index (χ2n) is 5.32. The molecule has 0 fully saturated rings. The van der Waals surface area contributed by atoms with E-state index < -0.39 is 0 Å². The number of hydrogen-bond donors (Lipinski definition) is 2. The molecule has 0 radical (unpaired) electrons. The smallest absolute Gasteiger partial charge is 0.221 e. The summed E-state index contributed by atoms with van der Waals surface area (Å²) >= 11 is 0. The molecule has 19 heavy (non-hydrogen) atoms. The fourth-order valence-electron chi connectivity index (χ4n) is 2.86. The van der Waals surface area contributed by atoms with Crippen molar-refractivity contribution in [3.63, 3.8) is 0 Å². The standard InChI is InChI=1S/C16H24N2O/c1-3-17-16(19)10-11-18-15-9-8-12(2)13-6-4-5-7-14(13)15/h4-7,12,15,18H,3,8-11H2,1-2H3,(H,17,19). The molecule has 0 aliphatic heterocycles. The van der Waals surface area contributed by atoms with Gasteiger partial charge >= 0.3 is 0 Å². The maximum Gasteiger partial charge on any atom is 0.221 e. The summed E-state index contributed by atoms with van der Waals surface area (Å²) in [6.07, 6.45) is 2.94. The SMILES string of the molecule is CCNC(=O)CCNC1CCC(C)c2ccccc21. The number of benzene rings is 1. The molecule has 2 rings (SSSR count). The third-order valence-electron chi connectivity index (χ3n) is 3.91. The Kier molecular flexibility index (Phi) is 4.97. The van der Waals surface area contributed by atoms with Crippen LogP contribution in [-0.2, 0) is 4.79 Å². The summed E-state index contributed by atoms with van der Waals surface area (Å²) in [6, 6.07) is 9.08. The summed E-state index contributed by atoms with van der Waals surface area (Å²) in [7, 11) is 0. The van der Waals surface area contributed by atoms with Gasteiger partial charge in [-0.3, -0.25) is 4.79 Å². The topological polar surface area (TPSA) is 41.1 Å². The number of nitrogens with one attached hydrogen (secondary N) is 2. The Morgan fingerprint density at radius 1 is 1.26 bits per heavy atom. The Labute approximate surface area is 115 Å². The van der Waals surface area contributed by atoms with Crippen LogP contribution in [0.2, 0.25) is 0 Å². The van der Waals surface area contributed by atoms with Gasteiger partial charge in [0.2, 0.25) is 5.91 Å². The minimum absolute atomic E-state index is 0.132. The van der Waals surface area contributed by atoms with Crippen molar-refractivity contribution < 1.29 is 4.79 Å². The monoisotopic (exact) mass is 260 g/mol. The maximum absolute atomic E-state index is 11.4. The molecule has 2 N–H and O–H groups in total. The molecule has 3 nitrogen and oxygen atoms in total. The van der Waals surface area contributed by atoms with E-state index in [-0.39, 0.29) is 5.91 Å². The normalized spacial score (nSPS) is 21.8. The lowest BCUT2D eigenvalue weighted by atomic mass is 9.81. The van der Waals surface area contributed by atoms with Crippen LogP contribution in [0.25, 0.3) is 0 Å². The average molecular weight is 260 g/mol. The first-order valence-electron chi connectivity index (χ1n) is 7.31. The first kappa shape index (κ1) is 14.1. The predicted octanol–water partition coefficient (Wildman–Crippen LogP) is 2.74. The second-order valence-corrected chi connectivity index (χ2v) is 5.32. The molecular formula is C16H24N2O. The van der Waals surface area contributed by atoms with Crippen molar-refractivity contribution in [2.45, 2.75) is 45.1 Å². The van der Waals surface area contributed by atoms with Crippen molar-refractivity contribution in [2.75, 3.05) is 13.1 Å². The van der Waals surface area contributed by atoms with E-state index in [1.807, 2.05) is 6.92 Å². The summed E-state index contributed by atoms with van der Waals surface area (Å²) in [5.74, 6) is 0.783. The van der Waals surface area contributed by atoms with Crippen molar-refractivity contribution in [2.24, 2.45) is 0 Å². The molecule has 1 amide bonds. The molecule has 0 saturated heterocycles. The highest BCUT2D eigenvalue weighted by Crippen LogP contribution is 2.36. The van der Waals surface area contributed by atoms with E-state index in [2.05, 4.69) is 41.8 Å². The van der Waals surface area contributed by atoms with Crippen molar-refractivity contribution in [3.05, 3.63) is 35.4 Å². The van der Waals surface area contributed by atoms with Gasteiger partial charge in [0.05, 0.1) is 0 Å². The molecule has 104 valence electrons. The van der Waals surface area contributed by atoms with Gasteiger partial charge in [-0.1, -0.05) is 31.2 Å². The van der Waals surface area contributed by atoms with Gasteiger partial charge in [0.25, 0.3) is 0 Å². The van der Waals surface area contributed by atoms with E-state index >= 15 is 0 Å². The van der Waals surface area contributed by atoms with Crippen LogP contribution in [0.1, 0.15) is 56.2 Å². The van der Waals surface area contributed by atoms with Gasteiger partial charge in [0.1, 0.15) is 0 Å². The van der Waals surface area contributed by atoms with Gasteiger partial charge in [-0.2, -0.15) is 0 Å². The van der Waals surface area contributed by atoms with Crippen LogP contribution in [0.3, 0.4) is 0 Å². The summed E-state index contributed by atoms with van der Waals surface area (Å²) in [5, 5.41) is 6.36. The molecule has 1 aromatic rings. The van der Waals surface area contributed by atoms with Crippen molar-refractivity contribution in [1.29, 1.82) is 0 Å². The van der Waals surface area contributed by atoms with Gasteiger partial charge in [-0.25, -0.2) is 0 Å². The number of amides is 1. The quantitative estimate of drug-likeness (QED) is 0.854. The Morgan fingerprint density at radius 2 is 2.00 bits per heavy atom. The summed E-state index contributed by atoms with van der Waals surface area (Å²) < 4.78 is 0. The van der Waals surface area contributed by atoms with E-state index in [0.29, 0.717) is 24.9 Å². The molecule has 3 heteroatoms. The zero-order chi connectivity index (χ0) is 13.7. The zero-order valence-electron chi connectivity index (χ0n) is 11.9. The fourth-order valence-corrected chi connectivity index (χ4v) is 2.86. The molecule has 0 heterocycles. The number of fused-ring (bicyclic) bond motifs is 1. The fraction of sp³-hybridized carbons (Fsp3) is 0.562. The molecule has 1 aromatic carbocycles. The summed E-state index contributed by atoms with van der Waals surface area (Å²) in [5.41, 5.74) is 2.88. The molecule has 2 unspecified atom stereocenters.